The van der Waals surface area contributed by atoms with E-state index in [2.05, 4.69) is 39.9 Å². The van der Waals surface area contributed by atoms with Gasteiger partial charge in [-0.15, -0.1) is 11.3 Å². The van der Waals surface area contributed by atoms with Gasteiger partial charge in [0.05, 0.1) is 0 Å². The van der Waals surface area contributed by atoms with Crippen molar-refractivity contribution in [1.82, 2.24) is 10.3 Å². The van der Waals surface area contributed by atoms with Gasteiger partial charge < -0.3 is 10.3 Å². The van der Waals surface area contributed by atoms with Crippen LogP contribution >= 0.6 is 11.3 Å². The van der Waals surface area contributed by atoms with Gasteiger partial charge in [-0.25, -0.2) is 0 Å². The average Bonchev–Trinajstić information content (AvgIpc) is 3.08. The topological polar surface area (TPSA) is 27.8 Å². The molecule has 0 unspecified atom stereocenters. The van der Waals surface area contributed by atoms with Crippen LogP contribution in [0.3, 0.4) is 0 Å². The number of nitrogens with one attached hydrogen (secondary N) is 2. The van der Waals surface area contributed by atoms with Crippen molar-refractivity contribution in [3.05, 3.63) is 58.4 Å². The highest BCUT2D eigenvalue weighted by atomic mass is 32.1. The molecule has 0 saturated carbocycles. The molecule has 2 nitrogen and oxygen atoms in total. The van der Waals surface area contributed by atoms with Crippen molar-refractivity contribution in [2.24, 2.45) is 0 Å². The van der Waals surface area contributed by atoms with Gasteiger partial charge in [0, 0.05) is 29.7 Å². The lowest BCUT2D eigenvalue weighted by Gasteiger charge is -2.10. The molecule has 0 fully saturated rings. The van der Waals surface area contributed by atoms with E-state index in [0.717, 1.165) is 13.1 Å². The van der Waals surface area contributed by atoms with Gasteiger partial charge in [0.15, 0.2) is 0 Å². The molecule has 0 saturated heterocycles. The van der Waals surface area contributed by atoms with Crippen LogP contribution in [0.4, 0.5) is 0 Å². The van der Waals surface area contributed by atoms with Crippen LogP contribution in [0.2, 0.25) is 0 Å². The van der Waals surface area contributed by atoms with Gasteiger partial charge in [-0.3, -0.25) is 0 Å². The fourth-order valence-electron chi connectivity index (χ4n) is 2.16. The van der Waals surface area contributed by atoms with E-state index in [9.17, 15) is 0 Å². The number of para-hydroxylation sites is 1. The van der Waals surface area contributed by atoms with Crippen LogP contribution in [-0.4, -0.2) is 11.5 Å². The Morgan fingerprint density at radius 1 is 1.06 bits per heavy atom. The summed E-state index contributed by atoms with van der Waals surface area (Å²) in [6.07, 6.45) is 3.18. The van der Waals surface area contributed by atoms with Crippen LogP contribution < -0.4 is 5.32 Å². The molecule has 3 heteroatoms. The summed E-state index contributed by atoms with van der Waals surface area (Å²) in [6, 6.07) is 12.5. The molecule has 0 bridgehead atoms. The smallest absolute Gasteiger partial charge is 0.0453 e. The number of fused-ring (bicyclic) bond motifs is 2. The number of hydrogen-bond acceptors (Lipinski definition) is 2. The molecule has 3 heterocycles. The highest BCUT2D eigenvalue weighted by Crippen LogP contribution is 2.19. The molecule has 4 rings (SSSR count). The normalized spacial score (nSPS) is 13.8. The lowest BCUT2D eigenvalue weighted by atomic mass is 10.1. The summed E-state index contributed by atoms with van der Waals surface area (Å²) in [5, 5.41) is 6.79. The van der Waals surface area contributed by atoms with Gasteiger partial charge in [0.25, 0.3) is 0 Å². The maximum Gasteiger partial charge on any atom is 0.0453 e. The number of H-pyrrole nitrogens is 1. The van der Waals surface area contributed by atoms with Crippen LogP contribution in [0.25, 0.3) is 10.9 Å². The van der Waals surface area contributed by atoms with Gasteiger partial charge in [0.1, 0.15) is 0 Å². The summed E-state index contributed by atoms with van der Waals surface area (Å²) >= 11 is 1.89. The van der Waals surface area contributed by atoms with E-state index >= 15 is 0 Å². The minimum Gasteiger partial charge on any atom is -0.361 e. The molecule has 0 spiro atoms. The Bertz CT molecular complexity index is 573. The second kappa shape index (κ2) is 5.38. The zero-order chi connectivity index (χ0) is 12.2. The minimum atomic E-state index is 1.08. The Morgan fingerprint density at radius 2 is 2.00 bits per heavy atom. The fraction of sp³-hybridized carbons (Fsp3) is 0.200. The first-order valence-electron chi connectivity index (χ1n) is 6.21. The predicted molar refractivity (Wildman–Crippen MR) is 78.0 cm³/mol. The first kappa shape index (κ1) is 11.5. The van der Waals surface area contributed by atoms with E-state index in [4.69, 9.17) is 0 Å². The Hall–Kier alpha value is -1.58. The summed E-state index contributed by atoms with van der Waals surface area (Å²) < 4.78 is 0. The van der Waals surface area contributed by atoms with Crippen LogP contribution in [0, 0.1) is 0 Å². The molecule has 0 amide bonds. The Morgan fingerprint density at radius 3 is 2.89 bits per heavy atom. The van der Waals surface area contributed by atoms with Crippen LogP contribution in [-0.2, 0) is 13.0 Å². The lowest BCUT2D eigenvalue weighted by molar-refractivity contribution is 0.653. The van der Waals surface area contributed by atoms with E-state index in [1.807, 2.05) is 29.7 Å². The molecule has 1 aromatic carbocycles. The monoisotopic (exact) mass is 256 g/mol. The third-order valence-corrected chi connectivity index (χ3v) is 4.17. The van der Waals surface area contributed by atoms with Crippen molar-refractivity contribution in [1.29, 1.82) is 0 Å². The quantitative estimate of drug-likeness (QED) is 0.632. The zero-order valence-corrected chi connectivity index (χ0v) is 11.0. The zero-order valence-electron chi connectivity index (χ0n) is 10.1. The number of aromatic amines is 1. The molecule has 0 aliphatic carbocycles. The number of benzene rings is 1. The molecule has 0 atom stereocenters. The molecule has 1 aliphatic rings. The molecule has 18 heavy (non-hydrogen) atoms. The third-order valence-electron chi connectivity index (χ3n) is 3.14. The number of rotatable bonds is 0. The van der Waals surface area contributed by atoms with Crippen LogP contribution in [0.5, 0.6) is 0 Å². The molecule has 92 valence electrons. The molecule has 1 aliphatic heterocycles. The summed E-state index contributed by atoms with van der Waals surface area (Å²) in [5.41, 5.74) is 2.71. The standard InChI is InChI=1S/C8H7N.C7H9NS/c1-2-4-8-7(3-1)5-6-9-8;1-3-8-5-6-2-4-9-7(1)6/h1-6,9H;2,4,8H,1,3,5H2. The van der Waals surface area contributed by atoms with E-state index in [-0.39, 0.29) is 0 Å². The summed E-state index contributed by atoms with van der Waals surface area (Å²) in [6.45, 7) is 2.24. The second-order valence-electron chi connectivity index (χ2n) is 4.36. The maximum absolute atomic E-state index is 3.33. The summed E-state index contributed by atoms with van der Waals surface area (Å²) in [7, 11) is 0. The second-order valence-corrected chi connectivity index (χ2v) is 5.36. The van der Waals surface area contributed by atoms with Crippen molar-refractivity contribution >= 4 is 22.2 Å². The SMILES string of the molecule is c1cc2c(s1)CCNC2.c1ccc2[nH]ccc2c1. The van der Waals surface area contributed by atoms with Crippen molar-refractivity contribution in [2.75, 3.05) is 6.54 Å². The van der Waals surface area contributed by atoms with Crippen LogP contribution in [0.1, 0.15) is 10.4 Å². The van der Waals surface area contributed by atoms with Gasteiger partial charge in [-0.1, -0.05) is 18.2 Å². The molecule has 2 aromatic heterocycles. The average molecular weight is 256 g/mol. The highest BCUT2D eigenvalue weighted by molar-refractivity contribution is 7.10. The number of hydrogen-bond donors (Lipinski definition) is 2. The highest BCUT2D eigenvalue weighted by Gasteiger charge is 2.07. The van der Waals surface area contributed by atoms with E-state index < -0.39 is 0 Å². The van der Waals surface area contributed by atoms with E-state index in [1.54, 1.807) is 4.88 Å². The van der Waals surface area contributed by atoms with Gasteiger partial charge in [-0.05, 0) is 40.9 Å². The summed E-state index contributed by atoms with van der Waals surface area (Å²) in [5.74, 6) is 0. The van der Waals surface area contributed by atoms with Crippen molar-refractivity contribution < 1.29 is 0 Å². The van der Waals surface area contributed by atoms with Crippen LogP contribution in [0.15, 0.2) is 48.0 Å². The fourth-order valence-corrected chi connectivity index (χ4v) is 3.07. The molecular weight excluding hydrogens is 240 g/mol. The summed E-state index contributed by atoms with van der Waals surface area (Å²) in [4.78, 5) is 4.70. The molecular formula is C15H16N2S. The Kier molecular flexibility index (Phi) is 3.44. The molecule has 3 aromatic rings. The predicted octanol–water partition coefficient (Wildman–Crippen LogP) is 3.56. The van der Waals surface area contributed by atoms with Gasteiger partial charge in [0.2, 0.25) is 0 Å². The van der Waals surface area contributed by atoms with Crippen molar-refractivity contribution in [3.63, 3.8) is 0 Å². The van der Waals surface area contributed by atoms with Gasteiger partial charge in [-0.2, -0.15) is 0 Å². The minimum absolute atomic E-state index is 1.08. The van der Waals surface area contributed by atoms with E-state index in [0.29, 0.717) is 0 Å². The lowest BCUT2D eigenvalue weighted by Crippen LogP contribution is -2.21. The van der Waals surface area contributed by atoms with E-state index in [1.165, 1.54) is 22.9 Å². The molecule has 0 radical (unpaired) electrons. The van der Waals surface area contributed by atoms with Crippen molar-refractivity contribution in [2.45, 2.75) is 13.0 Å². The Labute approximate surface area is 111 Å². The Balaban J connectivity index is 0.000000111. The number of aromatic nitrogens is 1. The molecule has 2 N–H and O–H groups in total. The largest absolute Gasteiger partial charge is 0.361 e. The maximum atomic E-state index is 3.33. The first-order chi connectivity index (χ1) is 8.93. The number of thiophene rings is 1. The van der Waals surface area contributed by atoms with Crippen molar-refractivity contribution in [3.8, 4) is 0 Å². The third kappa shape index (κ3) is 2.47. The first-order valence-corrected chi connectivity index (χ1v) is 7.09. The van der Waals surface area contributed by atoms with Gasteiger partial charge >= 0.3 is 0 Å².